The van der Waals surface area contributed by atoms with E-state index in [0.29, 0.717) is 49.9 Å². The van der Waals surface area contributed by atoms with Crippen molar-refractivity contribution in [3.63, 3.8) is 0 Å². The van der Waals surface area contributed by atoms with Gasteiger partial charge >= 0.3 is 5.51 Å². The van der Waals surface area contributed by atoms with Crippen LogP contribution in [0.25, 0.3) is 0 Å². The smallest absolute Gasteiger partial charge is 0.385 e. The summed E-state index contributed by atoms with van der Waals surface area (Å²) < 4.78 is 90.3. The van der Waals surface area contributed by atoms with Crippen LogP contribution in [-0.4, -0.2) is 118 Å². The molecule has 320 valence electrons. The van der Waals surface area contributed by atoms with Gasteiger partial charge in [-0.2, -0.15) is 13.2 Å². The number of unbranched alkanes of at least 4 members (excludes halogenated alkanes) is 2. The van der Waals surface area contributed by atoms with Crippen LogP contribution in [0, 0.1) is 0 Å². The Morgan fingerprint density at radius 1 is 0.864 bits per heavy atom. The number of nitrogens with one attached hydrogen (secondary N) is 3. The number of thioether (sulfide) groups is 1. The molecule has 20 heteroatoms. The van der Waals surface area contributed by atoms with Gasteiger partial charge in [-0.3, -0.25) is 19.7 Å². The summed E-state index contributed by atoms with van der Waals surface area (Å²) >= 11 is 1.47. The number of sulfonamides is 1. The van der Waals surface area contributed by atoms with E-state index in [1.54, 1.807) is 11.0 Å². The zero-order valence-corrected chi connectivity index (χ0v) is 34.7. The number of amides is 3. The molecule has 0 bridgehead atoms. The maximum Gasteiger partial charge on any atom is 0.501 e. The minimum absolute atomic E-state index is 0.202. The van der Waals surface area contributed by atoms with Crippen molar-refractivity contribution in [2.45, 2.75) is 77.3 Å². The van der Waals surface area contributed by atoms with Gasteiger partial charge < -0.3 is 25.3 Å². The van der Waals surface area contributed by atoms with E-state index >= 15 is 0 Å². The number of benzene rings is 3. The van der Waals surface area contributed by atoms with Gasteiger partial charge in [0.05, 0.1) is 10.6 Å². The fourth-order valence-electron chi connectivity index (χ4n) is 7.46. The first-order valence-corrected chi connectivity index (χ1v) is 23.4. The largest absolute Gasteiger partial charge is 0.501 e. The van der Waals surface area contributed by atoms with Gasteiger partial charge in [-0.15, -0.1) is 11.8 Å². The second-order valence-electron chi connectivity index (χ2n) is 14.8. The molecule has 3 aromatic carbocycles. The molecule has 0 aromatic heterocycles. The van der Waals surface area contributed by atoms with Gasteiger partial charge in [0.15, 0.2) is 0 Å². The number of nitrogens with zero attached hydrogens (tertiary/aromatic N) is 3. The van der Waals surface area contributed by atoms with Crippen molar-refractivity contribution in [3.8, 4) is 0 Å². The lowest BCUT2D eigenvalue weighted by molar-refractivity contribution is -0.136. The molecule has 3 amide bonds. The maximum absolute atomic E-state index is 13.7. The van der Waals surface area contributed by atoms with Gasteiger partial charge in [-0.05, 0) is 74.7 Å². The zero-order valence-electron chi connectivity index (χ0n) is 32.2. The summed E-state index contributed by atoms with van der Waals surface area (Å²) in [7, 11) is -10.4. The van der Waals surface area contributed by atoms with E-state index in [1.807, 2.05) is 42.5 Å². The number of alkyl halides is 3. The summed E-state index contributed by atoms with van der Waals surface area (Å²) in [6.07, 6.45) is 3.88. The SMILES string of the molecule is NS(=O)(=O)c1ccc(NC(CCN2CCN(CCCCCNc3cccc4c3CN(C3CCC(=O)NC3=O)C4=O)CC2)CSc2ccccc2)c(S(=O)(=O)C(F)(F)F)c1. The van der Waals surface area contributed by atoms with Crippen molar-refractivity contribution < 1.29 is 44.4 Å². The van der Waals surface area contributed by atoms with Crippen LogP contribution in [0.5, 0.6) is 0 Å². The second-order valence-corrected chi connectivity index (χ2v) is 19.4. The number of piperazine rings is 1. The number of imide groups is 1. The predicted molar refractivity (Wildman–Crippen MR) is 218 cm³/mol. The number of sulfone groups is 1. The summed E-state index contributed by atoms with van der Waals surface area (Å²) in [5.74, 6) is -0.569. The predicted octanol–water partition coefficient (Wildman–Crippen LogP) is 4.25. The molecule has 2 unspecified atom stereocenters. The molecule has 2 fully saturated rings. The van der Waals surface area contributed by atoms with E-state index in [-0.39, 0.29) is 23.9 Å². The van der Waals surface area contributed by atoms with Crippen molar-refractivity contribution in [1.82, 2.24) is 20.0 Å². The summed E-state index contributed by atoms with van der Waals surface area (Å²) in [4.78, 5) is 42.3. The monoisotopic (exact) mass is 879 g/mol. The molecule has 0 spiro atoms. The summed E-state index contributed by atoms with van der Waals surface area (Å²) in [6.45, 7) is 5.79. The van der Waals surface area contributed by atoms with Crippen LogP contribution in [0.1, 0.15) is 54.4 Å². The van der Waals surface area contributed by atoms with Crippen LogP contribution in [0.4, 0.5) is 24.5 Å². The summed E-state index contributed by atoms with van der Waals surface area (Å²) in [5, 5.41) is 13.9. The fourth-order valence-corrected chi connectivity index (χ4v) is 10.0. The number of hydrogen-bond acceptors (Lipinski definition) is 12. The Kier molecular flexibility index (Phi) is 14.3. The van der Waals surface area contributed by atoms with E-state index in [9.17, 15) is 44.4 Å². The number of primary sulfonamides is 1. The number of carbonyl (C=O) groups excluding carboxylic acids is 3. The number of nitrogens with two attached hydrogens (primary N) is 1. The van der Waals surface area contributed by atoms with Gasteiger partial charge in [0.25, 0.3) is 15.7 Å². The first-order valence-electron chi connectivity index (χ1n) is 19.4. The van der Waals surface area contributed by atoms with Gasteiger partial charge in [0, 0.05) is 85.7 Å². The van der Waals surface area contributed by atoms with Crippen molar-refractivity contribution in [2.75, 3.05) is 62.2 Å². The van der Waals surface area contributed by atoms with Crippen LogP contribution in [0.3, 0.4) is 0 Å². The second kappa shape index (κ2) is 19.0. The van der Waals surface area contributed by atoms with Gasteiger partial charge in [-0.25, -0.2) is 22.0 Å². The standard InChI is InChI=1S/C39H48F3N7O7S3/c40-39(41,42)58(53,54)35-24-29(59(43,55)56)12-13-33(35)45-27(26-57-28-8-3-1-4-9-28)16-19-48-22-20-47(21-23-48)18-6-2-5-17-44-32-11-7-10-30-31(32)25-49(38(30)52)34-14-15-36(50)46-37(34)51/h1,3-4,7-13,24,27,34,44-45H,2,5-6,14-23,25-26H2,(H2,43,55,56)(H,46,50,51). The molecular weight excluding hydrogens is 832 g/mol. The average Bonchev–Trinajstić information content (AvgIpc) is 3.53. The third-order valence-corrected chi connectivity index (χ3v) is 14.3. The maximum atomic E-state index is 13.7. The number of anilines is 2. The lowest BCUT2D eigenvalue weighted by atomic mass is 10.0. The molecular formula is C39H48F3N7O7S3. The number of halogens is 3. The quantitative estimate of drug-likeness (QED) is 0.0809. The van der Waals surface area contributed by atoms with Crippen LogP contribution < -0.4 is 21.1 Å². The number of carbonyl (C=O) groups is 3. The number of rotatable bonds is 18. The number of hydrogen-bond donors (Lipinski definition) is 4. The third kappa shape index (κ3) is 11.1. The van der Waals surface area contributed by atoms with E-state index in [4.69, 9.17) is 5.14 Å². The molecule has 3 heterocycles. The molecule has 2 saturated heterocycles. The highest BCUT2D eigenvalue weighted by Crippen LogP contribution is 2.37. The van der Waals surface area contributed by atoms with Gasteiger partial charge in [0.1, 0.15) is 10.9 Å². The van der Waals surface area contributed by atoms with Gasteiger partial charge in [0.2, 0.25) is 21.8 Å². The molecule has 59 heavy (non-hydrogen) atoms. The Labute approximate surface area is 346 Å². The highest BCUT2D eigenvalue weighted by Gasteiger charge is 2.48. The molecule has 3 aliphatic rings. The lowest BCUT2D eigenvalue weighted by Crippen LogP contribution is -2.52. The normalized spacial score (nSPS) is 18.7. The van der Waals surface area contributed by atoms with Gasteiger partial charge in [-0.1, -0.05) is 30.7 Å². The molecule has 3 aliphatic heterocycles. The molecule has 14 nitrogen and oxygen atoms in total. The molecule has 3 aromatic rings. The molecule has 0 radical (unpaired) electrons. The van der Waals surface area contributed by atoms with E-state index in [2.05, 4.69) is 25.8 Å². The Morgan fingerprint density at radius 2 is 1.58 bits per heavy atom. The zero-order chi connectivity index (χ0) is 42.4. The van der Waals surface area contributed by atoms with E-state index in [0.717, 1.165) is 80.3 Å². The lowest BCUT2D eigenvalue weighted by Gasteiger charge is -2.35. The average molecular weight is 880 g/mol. The topological polar surface area (TPSA) is 191 Å². The third-order valence-electron chi connectivity index (χ3n) is 10.7. The first kappa shape index (κ1) is 44.3. The number of piperidine rings is 1. The van der Waals surface area contributed by atoms with Crippen LogP contribution in [0.15, 0.2) is 81.4 Å². The highest BCUT2D eigenvalue weighted by molar-refractivity contribution is 7.99. The Bertz CT molecular complexity index is 2220. The van der Waals surface area contributed by atoms with Crippen LogP contribution in [-0.2, 0) is 36.0 Å². The molecule has 6 rings (SSSR count). The van der Waals surface area contributed by atoms with Crippen molar-refractivity contribution >= 4 is 60.7 Å². The molecule has 0 saturated carbocycles. The van der Waals surface area contributed by atoms with Crippen molar-refractivity contribution in [3.05, 3.63) is 77.9 Å². The summed E-state index contributed by atoms with van der Waals surface area (Å²) in [5.41, 5.74) is -3.73. The first-order chi connectivity index (χ1) is 28.0. The Morgan fingerprint density at radius 3 is 2.25 bits per heavy atom. The van der Waals surface area contributed by atoms with E-state index < -0.39 is 53.2 Å². The Balaban J connectivity index is 0.966. The molecule has 5 N–H and O–H groups in total. The van der Waals surface area contributed by atoms with Crippen LogP contribution in [0.2, 0.25) is 0 Å². The van der Waals surface area contributed by atoms with Crippen LogP contribution >= 0.6 is 11.8 Å². The molecule has 2 atom stereocenters. The number of fused-ring (bicyclic) bond motifs is 1. The minimum Gasteiger partial charge on any atom is -0.385 e. The highest BCUT2D eigenvalue weighted by atomic mass is 32.2. The molecule has 0 aliphatic carbocycles. The minimum atomic E-state index is -5.92. The fraction of sp³-hybridized carbons (Fsp3) is 0.462. The Hall–Kier alpha value is -4.21. The van der Waals surface area contributed by atoms with Crippen molar-refractivity contribution in [2.24, 2.45) is 5.14 Å². The van der Waals surface area contributed by atoms with Crippen molar-refractivity contribution in [1.29, 1.82) is 0 Å². The summed E-state index contributed by atoms with van der Waals surface area (Å²) in [6, 6.07) is 16.2. The van der Waals surface area contributed by atoms with E-state index in [1.165, 1.54) is 11.8 Å².